The Hall–Kier alpha value is -4.15. The number of carbonyl (C=O) groups is 3. The number of anilines is 2. The maximum Gasteiger partial charge on any atom is 0.312 e. The first-order valence-corrected chi connectivity index (χ1v) is 10.3. The van der Waals surface area contributed by atoms with Crippen molar-refractivity contribution in [3.05, 3.63) is 52.6 Å². The molecule has 0 saturated carbocycles. The van der Waals surface area contributed by atoms with Crippen LogP contribution in [0.15, 0.2) is 42.5 Å². The molecule has 0 unspecified atom stereocenters. The standard InChI is InChI=1S/C22H21N3O8/c1-13(21(27)23-16-4-2-3-5-17(16)25(29)30)33-22(28)14-10-20(26)24(12-14)15-6-7-18-19(11-15)32-9-8-31-18/h2-7,11,13-14H,8-10,12H2,1H3,(H,23,27)/t13-,14+/m0/s1. The molecule has 0 radical (unpaired) electrons. The van der Waals surface area contributed by atoms with E-state index in [1.165, 1.54) is 36.1 Å². The van der Waals surface area contributed by atoms with E-state index in [1.54, 1.807) is 18.2 Å². The highest BCUT2D eigenvalue weighted by molar-refractivity contribution is 6.01. The molecule has 0 spiro atoms. The van der Waals surface area contributed by atoms with Crippen molar-refractivity contribution in [1.82, 2.24) is 0 Å². The zero-order chi connectivity index (χ0) is 23.5. The molecule has 172 valence electrons. The topological polar surface area (TPSA) is 137 Å². The maximum atomic E-state index is 12.6. The highest BCUT2D eigenvalue weighted by atomic mass is 16.6. The number of benzene rings is 2. The summed E-state index contributed by atoms with van der Waals surface area (Å²) in [6.07, 6.45) is -1.28. The molecule has 2 aliphatic heterocycles. The molecule has 2 aromatic rings. The van der Waals surface area contributed by atoms with Crippen molar-refractivity contribution in [2.45, 2.75) is 19.4 Å². The van der Waals surface area contributed by atoms with Gasteiger partial charge in [-0.15, -0.1) is 0 Å². The SMILES string of the molecule is C[C@H](OC(=O)[C@@H]1CC(=O)N(c2ccc3c(c2)OCCO3)C1)C(=O)Nc1ccccc1[N+](=O)[O-]. The van der Waals surface area contributed by atoms with Crippen molar-refractivity contribution >= 4 is 34.8 Å². The molecule has 0 bridgehead atoms. The number of hydrogen-bond acceptors (Lipinski definition) is 8. The lowest BCUT2D eigenvalue weighted by atomic mass is 10.1. The smallest absolute Gasteiger partial charge is 0.312 e. The van der Waals surface area contributed by atoms with Crippen molar-refractivity contribution in [1.29, 1.82) is 0 Å². The van der Waals surface area contributed by atoms with E-state index in [1.807, 2.05) is 0 Å². The Balaban J connectivity index is 1.37. The lowest BCUT2D eigenvalue weighted by Crippen LogP contribution is -2.33. The van der Waals surface area contributed by atoms with Crippen LogP contribution in [0.1, 0.15) is 13.3 Å². The van der Waals surface area contributed by atoms with Crippen LogP contribution in [0.4, 0.5) is 17.1 Å². The van der Waals surface area contributed by atoms with Gasteiger partial charge in [0.15, 0.2) is 17.6 Å². The van der Waals surface area contributed by atoms with E-state index in [0.29, 0.717) is 30.4 Å². The van der Waals surface area contributed by atoms with Gasteiger partial charge in [-0.25, -0.2) is 0 Å². The molecule has 2 aliphatic rings. The zero-order valence-corrected chi connectivity index (χ0v) is 17.7. The van der Waals surface area contributed by atoms with Gasteiger partial charge < -0.3 is 24.4 Å². The number of esters is 1. The van der Waals surface area contributed by atoms with Crippen LogP contribution in [0.3, 0.4) is 0 Å². The number of nitrogens with one attached hydrogen (secondary N) is 1. The number of nitrogens with zero attached hydrogens (tertiary/aromatic N) is 2. The van der Waals surface area contributed by atoms with Crippen LogP contribution < -0.4 is 19.7 Å². The number of hydrogen-bond donors (Lipinski definition) is 1. The van der Waals surface area contributed by atoms with Crippen LogP contribution in [-0.2, 0) is 19.1 Å². The molecule has 33 heavy (non-hydrogen) atoms. The Labute approximate surface area is 188 Å². The molecule has 11 heteroatoms. The normalized spacial score (nSPS) is 17.9. The molecule has 11 nitrogen and oxygen atoms in total. The van der Waals surface area contributed by atoms with Crippen LogP contribution >= 0.6 is 0 Å². The molecular formula is C22H21N3O8. The van der Waals surface area contributed by atoms with Gasteiger partial charge in [-0.2, -0.15) is 0 Å². The van der Waals surface area contributed by atoms with Crippen LogP contribution in [0.5, 0.6) is 11.5 Å². The van der Waals surface area contributed by atoms with Crippen molar-refractivity contribution in [3.63, 3.8) is 0 Å². The van der Waals surface area contributed by atoms with Crippen LogP contribution in [0.2, 0.25) is 0 Å². The first-order valence-electron chi connectivity index (χ1n) is 10.3. The predicted octanol–water partition coefficient (Wildman–Crippen LogP) is 2.29. The summed E-state index contributed by atoms with van der Waals surface area (Å²) in [7, 11) is 0. The van der Waals surface area contributed by atoms with Crippen LogP contribution in [-0.4, -0.2) is 48.6 Å². The van der Waals surface area contributed by atoms with Gasteiger partial charge >= 0.3 is 5.97 Å². The minimum Gasteiger partial charge on any atom is -0.486 e. The molecule has 1 N–H and O–H groups in total. The minimum absolute atomic E-state index is 0.00349. The minimum atomic E-state index is -1.21. The summed E-state index contributed by atoms with van der Waals surface area (Å²) in [6.45, 7) is 2.31. The molecule has 2 aromatic carbocycles. The number of rotatable bonds is 6. The fraction of sp³-hybridized carbons (Fsp3) is 0.318. The second kappa shape index (κ2) is 9.15. The average molecular weight is 455 g/mol. The number of fused-ring (bicyclic) bond motifs is 1. The lowest BCUT2D eigenvalue weighted by Gasteiger charge is -2.22. The van der Waals surface area contributed by atoms with Gasteiger partial charge in [0.25, 0.3) is 11.6 Å². The van der Waals surface area contributed by atoms with Gasteiger partial charge in [0.05, 0.1) is 10.8 Å². The van der Waals surface area contributed by atoms with Crippen molar-refractivity contribution in [3.8, 4) is 11.5 Å². The summed E-state index contributed by atoms with van der Waals surface area (Å²) >= 11 is 0. The third kappa shape index (κ3) is 4.71. The molecule has 2 amide bonds. The fourth-order valence-electron chi connectivity index (χ4n) is 3.61. The van der Waals surface area contributed by atoms with E-state index in [0.717, 1.165) is 0 Å². The van der Waals surface area contributed by atoms with Gasteiger partial charge in [-0.05, 0) is 25.1 Å². The molecule has 2 heterocycles. The Morgan fingerprint density at radius 1 is 1.18 bits per heavy atom. The first kappa shape index (κ1) is 22.1. The van der Waals surface area contributed by atoms with Gasteiger partial charge in [-0.3, -0.25) is 24.5 Å². The number of amides is 2. The molecule has 4 rings (SSSR count). The zero-order valence-electron chi connectivity index (χ0n) is 17.7. The predicted molar refractivity (Wildman–Crippen MR) is 115 cm³/mol. The molecule has 2 atom stereocenters. The molecule has 1 fully saturated rings. The second-order valence-electron chi connectivity index (χ2n) is 7.58. The summed E-state index contributed by atoms with van der Waals surface area (Å²) in [6, 6.07) is 10.7. The highest BCUT2D eigenvalue weighted by Gasteiger charge is 2.38. The highest BCUT2D eigenvalue weighted by Crippen LogP contribution is 2.36. The monoisotopic (exact) mass is 455 g/mol. The maximum absolute atomic E-state index is 12.6. The first-order chi connectivity index (χ1) is 15.8. The summed E-state index contributed by atoms with van der Waals surface area (Å²) in [5, 5.41) is 13.5. The number of carbonyl (C=O) groups excluding carboxylic acids is 3. The number of nitro groups is 1. The van der Waals surface area contributed by atoms with E-state index >= 15 is 0 Å². The fourth-order valence-corrected chi connectivity index (χ4v) is 3.61. The molecule has 0 aliphatic carbocycles. The Kier molecular flexibility index (Phi) is 6.11. The Morgan fingerprint density at radius 3 is 2.67 bits per heavy atom. The van der Waals surface area contributed by atoms with Crippen molar-refractivity contribution in [2.75, 3.05) is 30.0 Å². The Morgan fingerprint density at radius 2 is 1.91 bits per heavy atom. The summed E-state index contributed by atoms with van der Waals surface area (Å²) in [5.41, 5.74) is 0.291. The lowest BCUT2D eigenvalue weighted by molar-refractivity contribution is -0.383. The number of nitro benzene ring substituents is 1. The van der Waals surface area contributed by atoms with Gasteiger partial charge in [0, 0.05) is 30.8 Å². The molecule has 1 saturated heterocycles. The Bertz CT molecular complexity index is 1120. The van der Waals surface area contributed by atoms with Crippen LogP contribution in [0.25, 0.3) is 0 Å². The van der Waals surface area contributed by atoms with Crippen molar-refractivity contribution in [2.24, 2.45) is 5.92 Å². The summed E-state index contributed by atoms with van der Waals surface area (Å²) in [4.78, 5) is 49.5. The number of ether oxygens (including phenoxy) is 3. The summed E-state index contributed by atoms with van der Waals surface area (Å²) in [5.74, 6) is -1.32. The van der Waals surface area contributed by atoms with Crippen LogP contribution in [0, 0.1) is 16.0 Å². The van der Waals surface area contributed by atoms with Crippen molar-refractivity contribution < 1.29 is 33.5 Å². The molecule has 0 aromatic heterocycles. The van der Waals surface area contributed by atoms with E-state index < -0.39 is 28.8 Å². The quantitative estimate of drug-likeness (QED) is 0.398. The largest absolute Gasteiger partial charge is 0.486 e. The average Bonchev–Trinajstić information content (AvgIpc) is 3.20. The third-order valence-electron chi connectivity index (χ3n) is 5.32. The van der Waals surface area contributed by atoms with Gasteiger partial charge in [-0.1, -0.05) is 12.1 Å². The second-order valence-corrected chi connectivity index (χ2v) is 7.58. The van der Waals surface area contributed by atoms with E-state index in [4.69, 9.17) is 14.2 Å². The van der Waals surface area contributed by atoms with Gasteiger partial charge in [0.2, 0.25) is 5.91 Å². The number of para-hydroxylation sites is 2. The third-order valence-corrected chi connectivity index (χ3v) is 5.32. The van der Waals surface area contributed by atoms with E-state index in [-0.39, 0.29) is 30.2 Å². The van der Waals surface area contributed by atoms with Gasteiger partial charge in [0.1, 0.15) is 18.9 Å². The summed E-state index contributed by atoms with van der Waals surface area (Å²) < 4.78 is 16.3. The van der Waals surface area contributed by atoms with E-state index in [2.05, 4.69) is 5.32 Å². The molecular weight excluding hydrogens is 434 g/mol. The van der Waals surface area contributed by atoms with E-state index in [9.17, 15) is 24.5 Å².